The van der Waals surface area contributed by atoms with Crippen LogP contribution in [0.2, 0.25) is 0 Å². The molecule has 4 aromatic rings. The average Bonchev–Trinajstić information content (AvgIpc) is 3.85. The Kier molecular flexibility index (Phi) is 15.3. The molecule has 21 heteroatoms. The van der Waals surface area contributed by atoms with Gasteiger partial charge in [0.15, 0.2) is 17.7 Å². The number of anilines is 2. The highest BCUT2D eigenvalue weighted by molar-refractivity contribution is 7.48. The lowest BCUT2D eigenvalue weighted by molar-refractivity contribution is -0.136. The molecule has 2 aromatic carbocycles. The number of carboxylic acids is 1. The number of nitrogen functional groups attached to an aromatic ring is 1. The van der Waals surface area contributed by atoms with Gasteiger partial charge in [-0.1, -0.05) is 44.6 Å². The zero-order chi connectivity index (χ0) is 48.0. The van der Waals surface area contributed by atoms with Crippen LogP contribution in [0.1, 0.15) is 84.7 Å². The fourth-order valence-corrected chi connectivity index (χ4v) is 8.81. The van der Waals surface area contributed by atoms with Gasteiger partial charge in [-0.05, 0) is 48.7 Å². The third-order valence-corrected chi connectivity index (χ3v) is 12.6. The molecule has 5 unspecified atom stereocenters. The first kappa shape index (κ1) is 48.6. The van der Waals surface area contributed by atoms with Gasteiger partial charge in [0, 0.05) is 67.0 Å². The van der Waals surface area contributed by atoms with Gasteiger partial charge in [0.05, 0.1) is 24.6 Å². The minimum atomic E-state index is -4.85. The van der Waals surface area contributed by atoms with Crippen molar-refractivity contribution in [3.63, 3.8) is 0 Å². The largest absolute Gasteiger partial charge is 0.529 e. The Bertz CT molecular complexity index is 2860. The zero-order valence-electron chi connectivity index (χ0n) is 37.7. The molecule has 0 saturated carbocycles. The highest BCUT2D eigenvalue weighted by atomic mass is 31.2. The molecule has 7 rings (SSSR count). The van der Waals surface area contributed by atoms with Crippen molar-refractivity contribution in [2.24, 2.45) is 0 Å². The molecule has 0 radical (unpaired) electrons. The van der Waals surface area contributed by atoms with Crippen LogP contribution in [0.4, 0.5) is 11.5 Å². The molecule has 7 N–H and O–H groups in total. The van der Waals surface area contributed by atoms with E-state index >= 15 is 0 Å². The van der Waals surface area contributed by atoms with Gasteiger partial charge in [0.1, 0.15) is 55.6 Å². The van der Waals surface area contributed by atoms with Crippen molar-refractivity contribution in [1.82, 2.24) is 29.4 Å². The summed E-state index contributed by atoms with van der Waals surface area (Å²) in [6, 6.07) is 16.4. The maximum Gasteiger partial charge on any atom is 0.529 e. The van der Waals surface area contributed by atoms with Crippen molar-refractivity contribution < 1.29 is 57.4 Å². The van der Waals surface area contributed by atoms with Crippen molar-refractivity contribution >= 4 is 59.3 Å². The van der Waals surface area contributed by atoms with Crippen LogP contribution in [-0.2, 0) is 23.1 Å². The number of nitrogens with two attached hydrogens (primary N) is 1. The Morgan fingerprint density at radius 3 is 2.34 bits per heavy atom. The average molecular weight is 944 g/mol. The summed E-state index contributed by atoms with van der Waals surface area (Å²) >= 11 is 0. The molecule has 2 aliphatic heterocycles. The van der Waals surface area contributed by atoms with Crippen LogP contribution in [-0.4, -0.2) is 117 Å². The summed E-state index contributed by atoms with van der Waals surface area (Å²) < 4.78 is 37.5. The number of hydrogen-bond donors (Lipinski definition) is 6. The van der Waals surface area contributed by atoms with E-state index in [-0.39, 0.29) is 40.4 Å². The number of aliphatic hydroxyl groups is 2. The first-order valence-electron chi connectivity index (χ1n) is 22.0. The summed E-state index contributed by atoms with van der Waals surface area (Å²) in [5.41, 5.74) is 10.0. The van der Waals surface area contributed by atoms with Gasteiger partial charge in [-0.25, -0.2) is 28.9 Å². The number of nitrogens with zero attached hydrogens (tertiary/aromatic N) is 6. The van der Waals surface area contributed by atoms with Crippen LogP contribution in [0.3, 0.4) is 0 Å². The number of unbranched alkanes of at least 4 members (excludes halogenated alkanes) is 7. The predicted molar refractivity (Wildman–Crippen MR) is 248 cm³/mol. The van der Waals surface area contributed by atoms with Crippen molar-refractivity contribution in [1.29, 1.82) is 0 Å². The van der Waals surface area contributed by atoms with E-state index in [1.165, 1.54) is 23.3 Å². The third kappa shape index (κ3) is 11.3. The lowest BCUT2D eigenvalue weighted by Gasteiger charge is -2.19. The van der Waals surface area contributed by atoms with Gasteiger partial charge in [0.2, 0.25) is 5.36 Å². The zero-order valence-corrected chi connectivity index (χ0v) is 38.6. The van der Waals surface area contributed by atoms with E-state index in [2.05, 4.69) is 24.8 Å². The fraction of sp³-hybridized carbons (Fsp3) is 0.413. The van der Waals surface area contributed by atoms with Gasteiger partial charge in [-0.15, -0.1) is 0 Å². The smallest absolute Gasteiger partial charge is 0.478 e. The summed E-state index contributed by atoms with van der Waals surface area (Å²) in [7, 11) is 2.89. The number of rotatable bonds is 20. The molecule has 3 aliphatic rings. The van der Waals surface area contributed by atoms with Gasteiger partial charge in [-0.2, -0.15) is 0 Å². The summed E-state index contributed by atoms with van der Waals surface area (Å²) in [5, 5.41) is 36.1. The quantitative estimate of drug-likeness (QED) is 0.0256. The highest BCUT2D eigenvalue weighted by Crippen LogP contribution is 2.45. The molecule has 0 bridgehead atoms. The number of phosphoric ester groups is 1. The predicted octanol–water partition coefficient (Wildman–Crippen LogP) is 4.94. The Morgan fingerprint density at radius 2 is 1.63 bits per heavy atom. The van der Waals surface area contributed by atoms with Crippen LogP contribution >= 0.6 is 7.82 Å². The molecule has 4 heterocycles. The molecule has 20 nitrogen and oxygen atoms in total. The van der Waals surface area contributed by atoms with Crippen molar-refractivity contribution in [3.05, 3.63) is 83.7 Å². The number of ether oxygens (including phenoxy) is 1. The van der Waals surface area contributed by atoms with E-state index in [0.29, 0.717) is 41.9 Å². The second kappa shape index (κ2) is 21.1. The second-order valence-electron chi connectivity index (χ2n) is 16.9. The van der Waals surface area contributed by atoms with Crippen LogP contribution < -0.4 is 25.9 Å². The topological polar surface area (TPSA) is 278 Å². The molecule has 5 atom stereocenters. The van der Waals surface area contributed by atoms with Crippen LogP contribution in [0.25, 0.3) is 44.6 Å². The fourth-order valence-electron chi connectivity index (χ4n) is 8.07. The number of fused-ring (bicyclic) bond motifs is 3. The number of nitrogens with one attached hydrogen (secondary N) is 1. The van der Waals surface area contributed by atoms with Gasteiger partial charge in [0.25, 0.3) is 5.91 Å². The molecular weight excluding hydrogens is 888 g/mol. The van der Waals surface area contributed by atoms with Gasteiger partial charge >= 0.3 is 19.8 Å². The molecule has 1 aliphatic carbocycles. The minimum Gasteiger partial charge on any atom is -0.478 e. The van der Waals surface area contributed by atoms with E-state index in [1.54, 1.807) is 12.1 Å². The second-order valence-corrected chi connectivity index (χ2v) is 18.3. The monoisotopic (exact) mass is 943 g/mol. The molecule has 1 amide bonds. The Balaban J connectivity index is 0.810. The Labute approximate surface area is 385 Å². The lowest BCUT2D eigenvalue weighted by atomic mass is 9.89. The molecule has 67 heavy (non-hydrogen) atoms. The first-order chi connectivity index (χ1) is 32.0. The van der Waals surface area contributed by atoms with E-state index in [1.807, 2.05) is 74.1 Å². The van der Waals surface area contributed by atoms with Crippen LogP contribution in [0.5, 0.6) is 0 Å². The molecule has 2 aromatic heterocycles. The number of amides is 1. The minimum absolute atomic E-state index is 0.00212. The highest BCUT2D eigenvalue weighted by Gasteiger charge is 2.45. The van der Waals surface area contributed by atoms with Gasteiger partial charge < -0.3 is 44.9 Å². The number of hydrogen-bond acceptors (Lipinski definition) is 15. The standard InChI is InChI=1S/C46H55N8O12P/c1-52(2)28-15-18-31-34(22-28)64-35-23-29(53(3)4)16-19-32(35)38(31)30-17-14-27(21-33(30)46(59)60)44(58)48-20-12-10-8-6-5-7-9-11-13-37(55)66-67(61,62)63-24-36-40(56)41(57)45(65-36)54-26-51-39-42(47)49-25-50-43(39)54/h14-19,21-23,25-26,36,40-41,45,56-57H,5-13,20,24H2,1-4H3,(H4-,47,48,49,50,58,59,60,61,62)/p+1. The van der Waals surface area contributed by atoms with E-state index in [9.17, 15) is 39.2 Å². The number of phosphoric acid groups is 1. The van der Waals surface area contributed by atoms with E-state index in [4.69, 9.17) is 19.4 Å². The van der Waals surface area contributed by atoms with Crippen LogP contribution in [0, 0.1) is 0 Å². The number of imidazole rings is 1. The molecule has 0 spiro atoms. The van der Waals surface area contributed by atoms with Crippen molar-refractivity contribution in [3.8, 4) is 22.5 Å². The number of aromatic nitrogens is 4. The van der Waals surface area contributed by atoms with E-state index < -0.39 is 50.9 Å². The number of aromatic carboxylic acids is 1. The number of carbonyl (C=O) groups is 3. The molecule has 1 saturated heterocycles. The van der Waals surface area contributed by atoms with Crippen molar-refractivity contribution in [2.75, 3.05) is 52.0 Å². The number of aliphatic hydroxyl groups excluding tert-OH is 2. The summed E-state index contributed by atoms with van der Waals surface area (Å²) in [6.07, 6.45) is 3.36. The Hall–Kier alpha value is -6.28. The lowest BCUT2D eigenvalue weighted by Crippen LogP contribution is -2.33. The normalized spacial score (nSPS) is 18.0. The summed E-state index contributed by atoms with van der Waals surface area (Å²) in [6.45, 7) is -0.236. The SMILES string of the molecule is CN(C)c1ccc2c(-c3ccc(C(=O)NCCCCCCCCCCC(=O)OP(=O)(O)OCC4OC(n5cnc6c(N)ncnc65)C(O)C4O)cc3C(=O)O)c3ccc(=[N+](C)C)cc-3oc2c1. The molecule has 1 fully saturated rings. The molecular formula is C46H56N8O12P+. The van der Waals surface area contributed by atoms with Crippen molar-refractivity contribution in [2.45, 2.75) is 82.3 Å². The summed E-state index contributed by atoms with van der Waals surface area (Å²) in [4.78, 5) is 62.5. The van der Waals surface area contributed by atoms with E-state index in [0.717, 1.165) is 60.5 Å². The number of benzene rings is 3. The third-order valence-electron chi connectivity index (χ3n) is 11.7. The number of carbonyl (C=O) groups excluding carboxylic acids is 2. The Morgan fingerprint density at radius 1 is 0.910 bits per heavy atom. The first-order valence-corrected chi connectivity index (χ1v) is 23.5. The van der Waals surface area contributed by atoms with Gasteiger partial charge in [-0.3, -0.25) is 23.6 Å². The maximum atomic E-state index is 13.2. The number of carboxylic acid groups (broad SMARTS) is 1. The maximum absolute atomic E-state index is 13.2. The van der Waals surface area contributed by atoms with Crippen LogP contribution in [0.15, 0.2) is 71.7 Å². The molecule has 356 valence electrons. The summed E-state index contributed by atoms with van der Waals surface area (Å²) in [5.74, 6) is -1.72.